The van der Waals surface area contributed by atoms with Gasteiger partial charge in [-0.15, -0.1) is 0 Å². The molecule has 1 N–H and O–H groups in total. The monoisotopic (exact) mass is 375 g/mol. The lowest BCUT2D eigenvalue weighted by Crippen LogP contribution is -2.25. The summed E-state index contributed by atoms with van der Waals surface area (Å²) in [5.74, 6) is -0.115. The first kappa shape index (κ1) is 18.4. The number of hydrogen-bond donors (Lipinski definition) is 1. The Bertz CT molecular complexity index is 911. The van der Waals surface area contributed by atoms with Crippen molar-refractivity contribution in [3.63, 3.8) is 0 Å². The maximum absolute atomic E-state index is 12.5. The minimum atomic E-state index is -2.99. The number of fused-ring (bicyclic) bond motifs is 1. The van der Waals surface area contributed by atoms with E-state index in [0.29, 0.717) is 22.6 Å². The summed E-state index contributed by atoms with van der Waals surface area (Å²) in [7, 11) is 1.34. The summed E-state index contributed by atoms with van der Waals surface area (Å²) in [4.78, 5) is 23.7. The van der Waals surface area contributed by atoms with Crippen molar-refractivity contribution in [2.24, 2.45) is 0 Å². The second-order valence-corrected chi connectivity index (χ2v) is 5.53. The fraction of sp³-hybridized carbons (Fsp3) is 0.158. The molecule has 0 unspecified atom stereocenters. The Morgan fingerprint density at radius 2 is 2.04 bits per heavy atom. The van der Waals surface area contributed by atoms with Crippen molar-refractivity contribution >= 4 is 23.5 Å². The molecule has 27 heavy (non-hydrogen) atoms. The van der Waals surface area contributed by atoms with Crippen molar-refractivity contribution in [3.8, 4) is 17.2 Å². The van der Waals surface area contributed by atoms with Gasteiger partial charge in [-0.25, -0.2) is 0 Å². The highest BCUT2D eigenvalue weighted by Gasteiger charge is 2.17. The maximum Gasteiger partial charge on any atom is 0.387 e. The lowest BCUT2D eigenvalue weighted by molar-refractivity contribution is -0.118. The normalized spacial score (nSPS) is 13.1. The molecule has 0 atom stereocenters. The van der Waals surface area contributed by atoms with Gasteiger partial charge in [0, 0.05) is 5.56 Å². The number of halogens is 2. The summed E-state index contributed by atoms with van der Waals surface area (Å²) in [6, 6.07) is 9.09. The quantitative estimate of drug-likeness (QED) is 0.618. The zero-order valence-corrected chi connectivity index (χ0v) is 14.2. The first-order valence-corrected chi connectivity index (χ1v) is 7.88. The van der Waals surface area contributed by atoms with E-state index in [1.54, 1.807) is 18.2 Å². The van der Waals surface area contributed by atoms with Crippen LogP contribution in [0.15, 0.2) is 42.5 Å². The summed E-state index contributed by atoms with van der Waals surface area (Å²) < 4.78 is 39.6. The van der Waals surface area contributed by atoms with Crippen LogP contribution in [0.25, 0.3) is 6.08 Å². The molecule has 2 aromatic carbocycles. The van der Waals surface area contributed by atoms with Crippen LogP contribution in [0.1, 0.15) is 15.9 Å². The van der Waals surface area contributed by atoms with E-state index in [-0.39, 0.29) is 29.8 Å². The molecule has 0 saturated heterocycles. The number of benzene rings is 2. The van der Waals surface area contributed by atoms with E-state index in [4.69, 9.17) is 9.47 Å². The van der Waals surface area contributed by atoms with Crippen LogP contribution in [0.2, 0.25) is 0 Å². The second-order valence-electron chi connectivity index (χ2n) is 5.53. The minimum absolute atomic E-state index is 0.0688. The van der Waals surface area contributed by atoms with Crippen molar-refractivity contribution in [2.45, 2.75) is 6.61 Å². The van der Waals surface area contributed by atoms with Gasteiger partial charge in [-0.05, 0) is 42.0 Å². The third kappa shape index (κ3) is 4.41. The molecule has 140 valence electrons. The van der Waals surface area contributed by atoms with Crippen LogP contribution in [0.4, 0.5) is 14.5 Å². The maximum atomic E-state index is 12.5. The number of nitrogens with one attached hydrogen (secondary N) is 1. The van der Waals surface area contributed by atoms with Gasteiger partial charge < -0.3 is 19.5 Å². The summed E-state index contributed by atoms with van der Waals surface area (Å²) in [6.07, 6.45) is 2.76. The van der Waals surface area contributed by atoms with E-state index in [1.165, 1.54) is 37.5 Å². The van der Waals surface area contributed by atoms with Crippen molar-refractivity contribution < 1.29 is 32.6 Å². The number of amides is 1. The lowest BCUT2D eigenvalue weighted by Gasteiger charge is -2.17. The van der Waals surface area contributed by atoms with Gasteiger partial charge in [0.05, 0.1) is 12.8 Å². The second kappa shape index (κ2) is 7.86. The average Bonchev–Trinajstić information content (AvgIpc) is 2.65. The van der Waals surface area contributed by atoms with E-state index < -0.39 is 6.61 Å². The number of carbonyl (C=O) groups excluding carboxylic acids is 2. The van der Waals surface area contributed by atoms with Crippen LogP contribution in [0.5, 0.6) is 17.2 Å². The molecule has 0 aromatic heterocycles. The summed E-state index contributed by atoms with van der Waals surface area (Å²) in [5.41, 5.74) is 1.24. The van der Waals surface area contributed by atoms with Crippen LogP contribution in [-0.4, -0.2) is 32.0 Å². The molecule has 6 nitrogen and oxygen atoms in total. The highest BCUT2D eigenvalue weighted by molar-refractivity contribution is 6.08. The van der Waals surface area contributed by atoms with Gasteiger partial charge in [-0.1, -0.05) is 12.1 Å². The molecule has 1 aliphatic rings. The minimum Gasteiger partial charge on any atom is -0.493 e. The third-order valence-corrected chi connectivity index (χ3v) is 3.73. The van der Waals surface area contributed by atoms with Crippen molar-refractivity contribution in [1.29, 1.82) is 0 Å². The van der Waals surface area contributed by atoms with Gasteiger partial charge in [0.2, 0.25) is 0 Å². The topological polar surface area (TPSA) is 73.9 Å². The molecule has 8 heteroatoms. The first-order valence-electron chi connectivity index (χ1n) is 7.88. The Kier molecular flexibility index (Phi) is 5.35. The highest BCUT2D eigenvalue weighted by atomic mass is 19.3. The molecule has 0 saturated carbocycles. The average molecular weight is 375 g/mol. The molecule has 3 rings (SSSR count). The number of rotatable bonds is 6. The number of carbonyl (C=O) groups is 2. The van der Waals surface area contributed by atoms with Gasteiger partial charge in [-0.3, -0.25) is 9.59 Å². The van der Waals surface area contributed by atoms with E-state index in [1.807, 2.05) is 0 Å². The predicted octanol–water partition coefficient (Wildman–Crippen LogP) is 3.52. The number of methoxy groups -OCH3 is 1. The SMILES string of the molecule is COc1ccc(C=CC(=O)c2ccc3c(c2)NC(=O)CO3)cc1OC(F)F. The molecule has 0 fully saturated rings. The Hall–Kier alpha value is -3.42. The largest absolute Gasteiger partial charge is 0.493 e. The van der Waals surface area contributed by atoms with Gasteiger partial charge in [0.1, 0.15) is 5.75 Å². The number of ketones is 1. The van der Waals surface area contributed by atoms with Crippen molar-refractivity contribution in [3.05, 3.63) is 53.6 Å². The Balaban J connectivity index is 1.79. The van der Waals surface area contributed by atoms with Gasteiger partial charge in [0.15, 0.2) is 23.9 Å². The molecular weight excluding hydrogens is 360 g/mol. The summed E-state index contributed by atoms with van der Waals surface area (Å²) in [6.45, 7) is -3.06. The van der Waals surface area contributed by atoms with E-state index in [9.17, 15) is 18.4 Å². The van der Waals surface area contributed by atoms with Crippen LogP contribution < -0.4 is 19.5 Å². The molecule has 1 heterocycles. The summed E-state index contributed by atoms with van der Waals surface area (Å²) >= 11 is 0. The van der Waals surface area contributed by atoms with Crippen LogP contribution in [0.3, 0.4) is 0 Å². The molecule has 1 amide bonds. The van der Waals surface area contributed by atoms with Gasteiger partial charge in [-0.2, -0.15) is 8.78 Å². The fourth-order valence-electron chi connectivity index (χ4n) is 2.49. The number of hydrogen-bond acceptors (Lipinski definition) is 5. The highest BCUT2D eigenvalue weighted by Crippen LogP contribution is 2.31. The number of allylic oxidation sites excluding steroid dienone is 1. The van der Waals surface area contributed by atoms with Crippen LogP contribution >= 0.6 is 0 Å². The summed E-state index contributed by atoms with van der Waals surface area (Å²) in [5, 5.41) is 2.63. The first-order chi connectivity index (χ1) is 13.0. The molecule has 0 bridgehead atoms. The van der Waals surface area contributed by atoms with Gasteiger partial charge in [0.25, 0.3) is 5.91 Å². The molecule has 0 spiro atoms. The predicted molar refractivity (Wildman–Crippen MR) is 93.6 cm³/mol. The Labute approximate surface area is 153 Å². The third-order valence-electron chi connectivity index (χ3n) is 3.73. The number of anilines is 1. The Morgan fingerprint density at radius 1 is 1.22 bits per heavy atom. The Morgan fingerprint density at radius 3 is 2.78 bits per heavy atom. The zero-order valence-electron chi connectivity index (χ0n) is 14.2. The molecule has 2 aromatic rings. The number of ether oxygens (including phenoxy) is 3. The molecule has 0 aliphatic carbocycles. The molecular formula is C19H15F2NO5. The standard InChI is InChI=1S/C19H15F2NO5/c1-25-16-6-3-11(8-17(16)27-19(20)21)2-5-14(23)12-4-7-15-13(9-12)22-18(24)10-26-15/h2-9,19H,10H2,1H3,(H,22,24). The van der Waals surface area contributed by atoms with Crippen LogP contribution in [0, 0.1) is 0 Å². The van der Waals surface area contributed by atoms with Crippen molar-refractivity contribution in [1.82, 2.24) is 0 Å². The van der Waals surface area contributed by atoms with E-state index in [2.05, 4.69) is 10.1 Å². The number of alkyl halides is 2. The van der Waals surface area contributed by atoms with E-state index in [0.717, 1.165) is 0 Å². The smallest absolute Gasteiger partial charge is 0.387 e. The molecule has 1 aliphatic heterocycles. The lowest BCUT2D eigenvalue weighted by atomic mass is 10.1. The zero-order chi connectivity index (χ0) is 19.4. The molecule has 0 radical (unpaired) electrons. The van der Waals surface area contributed by atoms with Gasteiger partial charge >= 0.3 is 6.61 Å². The van der Waals surface area contributed by atoms with Crippen LogP contribution in [-0.2, 0) is 4.79 Å². The van der Waals surface area contributed by atoms with E-state index >= 15 is 0 Å². The van der Waals surface area contributed by atoms with Crippen molar-refractivity contribution in [2.75, 3.05) is 19.0 Å². The fourth-order valence-corrected chi connectivity index (χ4v) is 2.49.